The smallest absolute Gasteiger partial charge is 0.0562 e. The molecule has 1 fully saturated rings. The van der Waals surface area contributed by atoms with E-state index in [0.29, 0.717) is 6.04 Å². The molecule has 2 nitrogen and oxygen atoms in total. The summed E-state index contributed by atoms with van der Waals surface area (Å²) in [6, 6.07) is 4.91. The molecule has 2 rings (SSSR count). The Balaban J connectivity index is 1.99. The Bertz CT molecular complexity index is 361. The Morgan fingerprint density at radius 1 is 1.53 bits per heavy atom. The number of nitrogens with zero attached hydrogens (tertiary/aromatic N) is 1. The molecule has 1 saturated carbocycles. The lowest BCUT2D eigenvalue weighted by atomic mass is 10.2. The zero-order valence-corrected chi connectivity index (χ0v) is 12.0. The summed E-state index contributed by atoms with van der Waals surface area (Å²) < 4.78 is 0. The van der Waals surface area contributed by atoms with E-state index >= 15 is 0 Å². The van der Waals surface area contributed by atoms with Crippen molar-refractivity contribution in [3.63, 3.8) is 0 Å². The van der Waals surface area contributed by atoms with Crippen molar-refractivity contribution in [2.24, 2.45) is 17.6 Å². The van der Waals surface area contributed by atoms with Gasteiger partial charge in [-0.05, 0) is 43.9 Å². The van der Waals surface area contributed by atoms with Gasteiger partial charge in [-0.3, -0.25) is 4.90 Å². The number of aryl methyl sites for hydroxylation is 1. The van der Waals surface area contributed by atoms with Crippen LogP contribution in [-0.4, -0.2) is 25.0 Å². The van der Waals surface area contributed by atoms with Crippen LogP contribution in [0.25, 0.3) is 0 Å². The Hall–Kier alpha value is -0.380. The molecule has 3 heteroatoms. The molecule has 2 N–H and O–H groups in total. The van der Waals surface area contributed by atoms with Gasteiger partial charge in [-0.1, -0.05) is 13.8 Å². The number of thiophene rings is 1. The van der Waals surface area contributed by atoms with Gasteiger partial charge in [0.25, 0.3) is 0 Å². The quantitative estimate of drug-likeness (QED) is 0.843. The largest absolute Gasteiger partial charge is 0.329 e. The molecule has 3 unspecified atom stereocenters. The van der Waals surface area contributed by atoms with Crippen LogP contribution < -0.4 is 5.73 Å². The van der Waals surface area contributed by atoms with Crippen molar-refractivity contribution >= 4 is 11.3 Å². The molecule has 1 aliphatic carbocycles. The van der Waals surface area contributed by atoms with Crippen LogP contribution in [0.1, 0.15) is 36.1 Å². The van der Waals surface area contributed by atoms with Crippen molar-refractivity contribution in [3.05, 3.63) is 21.9 Å². The van der Waals surface area contributed by atoms with E-state index in [1.807, 2.05) is 11.3 Å². The van der Waals surface area contributed by atoms with Gasteiger partial charge in [-0.15, -0.1) is 11.3 Å². The molecule has 0 saturated heterocycles. The fraction of sp³-hybridized carbons (Fsp3) is 0.714. The summed E-state index contributed by atoms with van der Waals surface area (Å²) in [5.74, 6) is 1.82. The summed E-state index contributed by atoms with van der Waals surface area (Å²) in [6.45, 7) is 6.47. The molecule has 0 aliphatic heterocycles. The molecule has 1 heterocycles. The van der Waals surface area contributed by atoms with Crippen LogP contribution in [0.4, 0.5) is 0 Å². The fourth-order valence-corrected chi connectivity index (χ4v) is 3.56. The molecule has 0 bridgehead atoms. The highest BCUT2D eigenvalue weighted by molar-refractivity contribution is 7.12. The maximum Gasteiger partial charge on any atom is 0.0562 e. The molecule has 0 amide bonds. The van der Waals surface area contributed by atoms with E-state index in [1.54, 1.807) is 0 Å². The van der Waals surface area contributed by atoms with E-state index in [0.717, 1.165) is 24.8 Å². The van der Waals surface area contributed by atoms with Crippen LogP contribution in [0.2, 0.25) is 0 Å². The maximum atomic E-state index is 5.95. The summed E-state index contributed by atoms with van der Waals surface area (Å²) in [5.41, 5.74) is 5.95. The van der Waals surface area contributed by atoms with Gasteiger partial charge in [-0.2, -0.15) is 0 Å². The van der Waals surface area contributed by atoms with Crippen molar-refractivity contribution in [3.8, 4) is 0 Å². The van der Waals surface area contributed by atoms with Crippen LogP contribution in [0.5, 0.6) is 0 Å². The van der Waals surface area contributed by atoms with Crippen LogP contribution in [0.3, 0.4) is 0 Å². The number of likely N-dealkylation sites (N-methyl/N-ethyl adjacent to an activating group) is 1. The third-order valence-corrected chi connectivity index (χ3v) is 5.24. The molecule has 0 spiro atoms. The topological polar surface area (TPSA) is 29.3 Å². The van der Waals surface area contributed by atoms with Gasteiger partial charge in [0.05, 0.1) is 6.04 Å². The van der Waals surface area contributed by atoms with E-state index in [2.05, 4.69) is 37.9 Å². The van der Waals surface area contributed by atoms with Gasteiger partial charge in [0.15, 0.2) is 0 Å². The van der Waals surface area contributed by atoms with E-state index < -0.39 is 0 Å². The normalized spacial score (nSPS) is 25.2. The van der Waals surface area contributed by atoms with Crippen LogP contribution in [0, 0.1) is 11.8 Å². The predicted molar refractivity (Wildman–Crippen MR) is 75.4 cm³/mol. The zero-order chi connectivity index (χ0) is 12.4. The monoisotopic (exact) mass is 252 g/mol. The lowest BCUT2D eigenvalue weighted by molar-refractivity contribution is 0.240. The SMILES string of the molecule is CCc1ccc(C(CN)N(C)CC2CC2C)s1. The van der Waals surface area contributed by atoms with Gasteiger partial charge in [0, 0.05) is 22.8 Å². The first kappa shape index (κ1) is 13.1. The molecule has 0 radical (unpaired) electrons. The highest BCUT2D eigenvalue weighted by Gasteiger charge is 2.34. The predicted octanol–water partition coefficient (Wildman–Crippen LogP) is 2.90. The molecular formula is C14H24N2S. The number of nitrogens with two attached hydrogens (primary N) is 1. The Labute approximate surface area is 109 Å². The Kier molecular flexibility index (Phi) is 4.23. The summed E-state index contributed by atoms with van der Waals surface area (Å²) in [7, 11) is 2.22. The average molecular weight is 252 g/mol. The minimum Gasteiger partial charge on any atom is -0.329 e. The van der Waals surface area contributed by atoms with Gasteiger partial charge in [-0.25, -0.2) is 0 Å². The number of hydrogen-bond acceptors (Lipinski definition) is 3. The maximum absolute atomic E-state index is 5.95. The van der Waals surface area contributed by atoms with Crippen molar-refractivity contribution in [1.29, 1.82) is 0 Å². The highest BCUT2D eigenvalue weighted by Crippen LogP contribution is 2.39. The standard InChI is InChI=1S/C14H24N2S/c1-4-12-5-6-14(17-12)13(8-15)16(3)9-11-7-10(11)2/h5-6,10-11,13H,4,7-9,15H2,1-3H3. The number of hydrogen-bond donors (Lipinski definition) is 1. The van der Waals surface area contributed by atoms with Crippen LogP contribution >= 0.6 is 11.3 Å². The Morgan fingerprint density at radius 2 is 2.24 bits per heavy atom. The Morgan fingerprint density at radius 3 is 2.71 bits per heavy atom. The first-order valence-corrected chi connectivity index (χ1v) is 7.46. The highest BCUT2D eigenvalue weighted by atomic mass is 32.1. The van der Waals surface area contributed by atoms with Crippen molar-refractivity contribution in [1.82, 2.24) is 4.90 Å². The third kappa shape index (κ3) is 3.09. The van der Waals surface area contributed by atoms with E-state index in [1.165, 1.54) is 22.7 Å². The third-order valence-electron chi connectivity index (χ3n) is 3.91. The summed E-state index contributed by atoms with van der Waals surface area (Å²) >= 11 is 1.92. The molecule has 96 valence electrons. The molecule has 1 aliphatic rings. The van der Waals surface area contributed by atoms with E-state index in [4.69, 9.17) is 5.73 Å². The second-order valence-electron chi connectivity index (χ2n) is 5.32. The fourth-order valence-electron chi connectivity index (χ4n) is 2.43. The lowest BCUT2D eigenvalue weighted by Crippen LogP contribution is -2.31. The summed E-state index contributed by atoms with van der Waals surface area (Å²) in [6.07, 6.45) is 2.53. The summed E-state index contributed by atoms with van der Waals surface area (Å²) in [4.78, 5) is 5.34. The van der Waals surface area contributed by atoms with Crippen LogP contribution in [-0.2, 0) is 6.42 Å². The van der Waals surface area contributed by atoms with Gasteiger partial charge >= 0.3 is 0 Å². The molecule has 0 aromatic carbocycles. The van der Waals surface area contributed by atoms with Gasteiger partial charge < -0.3 is 5.73 Å². The van der Waals surface area contributed by atoms with E-state index in [9.17, 15) is 0 Å². The van der Waals surface area contributed by atoms with Gasteiger partial charge in [0.2, 0.25) is 0 Å². The first-order valence-electron chi connectivity index (χ1n) is 6.64. The molecule has 1 aromatic rings. The molecule has 3 atom stereocenters. The summed E-state index contributed by atoms with van der Waals surface area (Å²) in [5, 5.41) is 0. The minimum atomic E-state index is 0.410. The zero-order valence-electron chi connectivity index (χ0n) is 11.1. The average Bonchev–Trinajstić information content (AvgIpc) is 2.82. The van der Waals surface area contributed by atoms with Crippen molar-refractivity contribution in [2.45, 2.75) is 32.7 Å². The second kappa shape index (κ2) is 5.51. The number of rotatable bonds is 6. The van der Waals surface area contributed by atoms with Crippen molar-refractivity contribution in [2.75, 3.05) is 20.1 Å². The molecular weight excluding hydrogens is 228 g/mol. The molecule has 17 heavy (non-hydrogen) atoms. The van der Waals surface area contributed by atoms with E-state index in [-0.39, 0.29) is 0 Å². The first-order chi connectivity index (χ1) is 8.15. The molecule has 1 aromatic heterocycles. The second-order valence-corrected chi connectivity index (χ2v) is 6.52. The van der Waals surface area contributed by atoms with Crippen molar-refractivity contribution < 1.29 is 0 Å². The van der Waals surface area contributed by atoms with Crippen LogP contribution in [0.15, 0.2) is 12.1 Å². The van der Waals surface area contributed by atoms with Gasteiger partial charge in [0.1, 0.15) is 0 Å². The minimum absolute atomic E-state index is 0.410. The lowest BCUT2D eigenvalue weighted by Gasteiger charge is -2.26.